The molecule has 0 saturated heterocycles. The first-order valence-electron chi connectivity index (χ1n) is 5.81. The van der Waals surface area contributed by atoms with Crippen LogP contribution in [0.1, 0.15) is 42.5 Å². The average molecular weight is 203 g/mol. The van der Waals surface area contributed by atoms with E-state index in [-0.39, 0.29) is 0 Å². The van der Waals surface area contributed by atoms with Crippen molar-refractivity contribution in [3.8, 4) is 0 Å². The molecule has 0 aromatic heterocycles. The highest BCUT2D eigenvalue weighted by Gasteiger charge is 2.44. The van der Waals surface area contributed by atoms with E-state index in [9.17, 15) is 0 Å². The van der Waals surface area contributed by atoms with Gasteiger partial charge in [0, 0.05) is 6.04 Å². The van der Waals surface area contributed by atoms with Gasteiger partial charge in [0.05, 0.1) is 0 Å². The third kappa shape index (κ3) is 1.93. The molecule has 0 spiro atoms. The molecular formula is C14H21N. The van der Waals surface area contributed by atoms with Crippen LogP contribution in [-0.4, -0.2) is 7.05 Å². The first-order valence-corrected chi connectivity index (χ1v) is 5.81. The van der Waals surface area contributed by atoms with E-state index >= 15 is 0 Å². The first kappa shape index (κ1) is 10.7. The Morgan fingerprint density at radius 3 is 2.33 bits per heavy atom. The Kier molecular flexibility index (Phi) is 2.59. The molecule has 1 aromatic carbocycles. The van der Waals surface area contributed by atoms with Crippen molar-refractivity contribution in [2.45, 2.75) is 39.7 Å². The molecule has 0 aliphatic heterocycles. The Labute approximate surface area is 92.9 Å². The normalized spacial score (nSPS) is 20.0. The van der Waals surface area contributed by atoms with Gasteiger partial charge in [-0.05, 0) is 55.8 Å². The Morgan fingerprint density at radius 2 is 1.87 bits per heavy atom. The molecule has 1 heteroatoms. The van der Waals surface area contributed by atoms with Gasteiger partial charge in [-0.3, -0.25) is 0 Å². The molecule has 1 aliphatic rings. The molecule has 1 nitrogen and oxygen atoms in total. The van der Waals surface area contributed by atoms with Gasteiger partial charge in [0.25, 0.3) is 0 Å². The smallest absolute Gasteiger partial charge is 0.0372 e. The zero-order valence-electron chi connectivity index (χ0n) is 10.2. The molecule has 1 aliphatic carbocycles. The van der Waals surface area contributed by atoms with E-state index in [1.54, 1.807) is 0 Å². The largest absolute Gasteiger partial charge is 0.313 e. The first-order chi connectivity index (χ1) is 7.07. The molecule has 0 radical (unpaired) electrons. The van der Waals surface area contributed by atoms with Gasteiger partial charge in [-0.1, -0.05) is 25.1 Å². The standard InChI is InChI=1S/C14H21N/c1-10-5-6-12(9-11(10)2)13(15-4)14(3)7-8-14/h5-6,9,13,15H,7-8H2,1-4H3. The molecule has 1 atom stereocenters. The van der Waals surface area contributed by atoms with E-state index in [2.05, 4.69) is 51.3 Å². The maximum Gasteiger partial charge on any atom is 0.0372 e. The Balaban J connectivity index is 2.31. The summed E-state index contributed by atoms with van der Waals surface area (Å²) in [4.78, 5) is 0. The van der Waals surface area contributed by atoms with Crippen LogP contribution in [0.15, 0.2) is 18.2 Å². The fourth-order valence-electron chi connectivity index (χ4n) is 2.35. The summed E-state index contributed by atoms with van der Waals surface area (Å²) in [7, 11) is 2.07. The van der Waals surface area contributed by atoms with E-state index in [1.807, 2.05) is 0 Å². The number of hydrogen-bond acceptors (Lipinski definition) is 1. The van der Waals surface area contributed by atoms with Crippen molar-refractivity contribution in [3.63, 3.8) is 0 Å². The molecule has 0 heterocycles. The zero-order valence-corrected chi connectivity index (χ0v) is 10.2. The summed E-state index contributed by atoms with van der Waals surface area (Å²) in [6.07, 6.45) is 2.71. The van der Waals surface area contributed by atoms with Crippen LogP contribution in [0.25, 0.3) is 0 Å². The van der Waals surface area contributed by atoms with Crippen molar-refractivity contribution in [2.75, 3.05) is 7.05 Å². The molecule has 2 rings (SSSR count). The van der Waals surface area contributed by atoms with Crippen molar-refractivity contribution >= 4 is 0 Å². The molecule has 82 valence electrons. The number of hydrogen-bond donors (Lipinski definition) is 1. The summed E-state index contributed by atoms with van der Waals surface area (Å²) in [5.41, 5.74) is 4.73. The fraction of sp³-hybridized carbons (Fsp3) is 0.571. The highest BCUT2D eigenvalue weighted by atomic mass is 14.9. The summed E-state index contributed by atoms with van der Waals surface area (Å²) >= 11 is 0. The molecule has 0 bridgehead atoms. The Morgan fingerprint density at radius 1 is 1.20 bits per heavy atom. The summed E-state index contributed by atoms with van der Waals surface area (Å²) in [5.74, 6) is 0. The molecule has 1 aromatic rings. The predicted octanol–water partition coefficient (Wildman–Crippen LogP) is 3.36. The number of benzene rings is 1. The van der Waals surface area contributed by atoms with Gasteiger partial charge in [-0.15, -0.1) is 0 Å². The quantitative estimate of drug-likeness (QED) is 0.794. The van der Waals surface area contributed by atoms with Crippen molar-refractivity contribution in [2.24, 2.45) is 5.41 Å². The Hall–Kier alpha value is -0.820. The van der Waals surface area contributed by atoms with Crippen LogP contribution in [0.4, 0.5) is 0 Å². The average Bonchev–Trinajstić information content (AvgIpc) is 2.92. The minimum Gasteiger partial charge on any atom is -0.313 e. The minimum atomic E-state index is 0.496. The second-order valence-electron chi connectivity index (χ2n) is 5.22. The van der Waals surface area contributed by atoms with Gasteiger partial charge in [-0.2, -0.15) is 0 Å². The zero-order chi connectivity index (χ0) is 11.1. The van der Waals surface area contributed by atoms with E-state index in [0.717, 1.165) is 0 Å². The molecule has 1 unspecified atom stereocenters. The monoisotopic (exact) mass is 203 g/mol. The van der Waals surface area contributed by atoms with E-state index in [1.165, 1.54) is 29.5 Å². The summed E-state index contributed by atoms with van der Waals surface area (Å²) in [6.45, 7) is 6.75. The third-order valence-corrected chi connectivity index (χ3v) is 3.89. The van der Waals surface area contributed by atoms with Crippen LogP contribution >= 0.6 is 0 Å². The maximum absolute atomic E-state index is 3.47. The number of nitrogens with one attached hydrogen (secondary N) is 1. The van der Waals surface area contributed by atoms with Gasteiger partial charge in [0.2, 0.25) is 0 Å². The van der Waals surface area contributed by atoms with E-state index in [4.69, 9.17) is 0 Å². The lowest BCUT2D eigenvalue weighted by atomic mass is 9.90. The van der Waals surface area contributed by atoms with Crippen molar-refractivity contribution in [1.82, 2.24) is 5.32 Å². The molecular weight excluding hydrogens is 182 g/mol. The van der Waals surface area contributed by atoms with Gasteiger partial charge >= 0.3 is 0 Å². The SMILES string of the molecule is CNC(c1ccc(C)c(C)c1)C1(C)CC1. The van der Waals surface area contributed by atoms with Gasteiger partial charge < -0.3 is 5.32 Å². The van der Waals surface area contributed by atoms with Crippen molar-refractivity contribution in [1.29, 1.82) is 0 Å². The predicted molar refractivity (Wildman–Crippen MR) is 65.1 cm³/mol. The van der Waals surface area contributed by atoms with Crippen LogP contribution in [0.3, 0.4) is 0 Å². The van der Waals surface area contributed by atoms with Gasteiger partial charge in [0.1, 0.15) is 0 Å². The second-order valence-corrected chi connectivity index (χ2v) is 5.22. The van der Waals surface area contributed by atoms with E-state index in [0.29, 0.717) is 11.5 Å². The second kappa shape index (κ2) is 3.64. The lowest BCUT2D eigenvalue weighted by molar-refractivity contribution is 0.390. The number of rotatable bonds is 3. The molecule has 1 fully saturated rings. The van der Waals surface area contributed by atoms with Crippen LogP contribution in [0.2, 0.25) is 0 Å². The highest BCUT2D eigenvalue weighted by Crippen LogP contribution is 2.54. The van der Waals surface area contributed by atoms with Crippen LogP contribution in [0.5, 0.6) is 0 Å². The third-order valence-electron chi connectivity index (χ3n) is 3.89. The fourth-order valence-corrected chi connectivity index (χ4v) is 2.35. The highest BCUT2D eigenvalue weighted by molar-refractivity contribution is 5.33. The molecule has 0 amide bonds. The van der Waals surface area contributed by atoms with Gasteiger partial charge in [-0.25, -0.2) is 0 Å². The lowest BCUT2D eigenvalue weighted by Gasteiger charge is -2.24. The van der Waals surface area contributed by atoms with E-state index < -0.39 is 0 Å². The Bertz CT molecular complexity index is 364. The molecule has 1 saturated carbocycles. The summed E-state index contributed by atoms with van der Waals surface area (Å²) in [5, 5.41) is 3.47. The molecule has 15 heavy (non-hydrogen) atoms. The maximum atomic E-state index is 3.47. The topological polar surface area (TPSA) is 12.0 Å². The molecule has 1 N–H and O–H groups in total. The van der Waals surface area contributed by atoms with Crippen molar-refractivity contribution in [3.05, 3.63) is 34.9 Å². The summed E-state index contributed by atoms with van der Waals surface area (Å²) < 4.78 is 0. The number of aryl methyl sites for hydroxylation is 2. The van der Waals surface area contributed by atoms with Crippen LogP contribution < -0.4 is 5.32 Å². The van der Waals surface area contributed by atoms with Gasteiger partial charge in [0.15, 0.2) is 0 Å². The van der Waals surface area contributed by atoms with Crippen LogP contribution in [-0.2, 0) is 0 Å². The van der Waals surface area contributed by atoms with Crippen LogP contribution in [0, 0.1) is 19.3 Å². The minimum absolute atomic E-state index is 0.496. The van der Waals surface area contributed by atoms with Crippen molar-refractivity contribution < 1.29 is 0 Å². The summed E-state index contributed by atoms with van der Waals surface area (Å²) in [6, 6.07) is 7.37. The lowest BCUT2D eigenvalue weighted by Crippen LogP contribution is -2.24.